The monoisotopic (exact) mass is 390 g/mol. The molecule has 0 saturated carbocycles. The molecule has 0 atom stereocenters. The molecule has 0 heterocycles. The fraction of sp³-hybridized carbons (Fsp3) is 0.304. The molecule has 0 fully saturated rings. The number of aryl methyl sites for hydroxylation is 1. The third-order valence-electron chi connectivity index (χ3n) is 4.74. The van der Waals surface area contributed by atoms with Gasteiger partial charge in [-0.05, 0) is 41.5 Å². The Morgan fingerprint density at radius 1 is 0.857 bits per heavy atom. The molecule has 0 aliphatic heterocycles. The number of benzene rings is 3. The predicted octanol–water partition coefficient (Wildman–Crippen LogP) is 7.67. The number of unbranched alkanes of at least 4 members (excludes halogenated alkanes) is 3. The zero-order valence-electron chi connectivity index (χ0n) is 15.7. The molecule has 148 valence electrons. The first-order valence-electron chi connectivity index (χ1n) is 9.44. The van der Waals surface area contributed by atoms with Gasteiger partial charge in [0.2, 0.25) is 0 Å². The molecule has 3 rings (SSSR count). The molecule has 3 aromatic carbocycles. The Balaban J connectivity index is 1.82. The van der Waals surface area contributed by atoms with E-state index in [9.17, 15) is 17.6 Å². The Bertz CT molecular complexity index is 930. The van der Waals surface area contributed by atoms with Gasteiger partial charge in [-0.3, -0.25) is 0 Å². The van der Waals surface area contributed by atoms with Crippen molar-refractivity contribution in [3.8, 4) is 16.9 Å². The predicted molar refractivity (Wildman–Crippen MR) is 104 cm³/mol. The van der Waals surface area contributed by atoms with Gasteiger partial charge in [0.15, 0.2) is 0 Å². The molecule has 3 aromatic rings. The quantitative estimate of drug-likeness (QED) is 0.297. The van der Waals surface area contributed by atoms with Gasteiger partial charge in [0.1, 0.15) is 11.6 Å². The molecule has 0 aliphatic carbocycles. The number of fused-ring (bicyclic) bond motifs is 1. The Kier molecular flexibility index (Phi) is 6.22. The highest BCUT2D eigenvalue weighted by atomic mass is 19.4. The van der Waals surface area contributed by atoms with Crippen molar-refractivity contribution >= 4 is 10.8 Å². The largest absolute Gasteiger partial charge is 0.573 e. The van der Waals surface area contributed by atoms with Gasteiger partial charge < -0.3 is 4.74 Å². The molecule has 0 saturated heterocycles. The van der Waals surface area contributed by atoms with Crippen LogP contribution in [0, 0.1) is 5.82 Å². The van der Waals surface area contributed by atoms with Crippen molar-refractivity contribution in [2.75, 3.05) is 0 Å². The number of hydrogen-bond donors (Lipinski definition) is 0. The van der Waals surface area contributed by atoms with Crippen LogP contribution in [-0.4, -0.2) is 6.36 Å². The minimum Gasteiger partial charge on any atom is -0.406 e. The first kappa shape index (κ1) is 20.2. The maximum atomic E-state index is 15.0. The minimum absolute atomic E-state index is 0.329. The van der Waals surface area contributed by atoms with Crippen LogP contribution in [0.15, 0.2) is 54.6 Å². The molecule has 0 N–H and O–H groups in total. The zero-order valence-corrected chi connectivity index (χ0v) is 15.7. The van der Waals surface area contributed by atoms with Crippen LogP contribution in [0.2, 0.25) is 0 Å². The lowest BCUT2D eigenvalue weighted by Gasteiger charge is -2.11. The van der Waals surface area contributed by atoms with Gasteiger partial charge in [-0.2, -0.15) is 0 Å². The summed E-state index contributed by atoms with van der Waals surface area (Å²) in [6.45, 7) is 2.17. The first-order chi connectivity index (χ1) is 13.4. The van der Waals surface area contributed by atoms with Crippen LogP contribution in [0.1, 0.15) is 38.2 Å². The van der Waals surface area contributed by atoms with Gasteiger partial charge >= 0.3 is 6.36 Å². The van der Waals surface area contributed by atoms with Crippen LogP contribution < -0.4 is 4.74 Å². The van der Waals surface area contributed by atoms with E-state index in [4.69, 9.17) is 0 Å². The van der Waals surface area contributed by atoms with E-state index in [-0.39, 0.29) is 11.6 Å². The highest BCUT2D eigenvalue weighted by molar-refractivity contribution is 5.88. The Labute approximate surface area is 162 Å². The average molecular weight is 390 g/mol. The highest BCUT2D eigenvalue weighted by Gasteiger charge is 2.31. The van der Waals surface area contributed by atoms with Gasteiger partial charge in [-0.15, -0.1) is 13.2 Å². The summed E-state index contributed by atoms with van der Waals surface area (Å²) in [6, 6.07) is 14.5. The van der Waals surface area contributed by atoms with E-state index in [0.717, 1.165) is 18.2 Å². The van der Waals surface area contributed by atoms with Crippen molar-refractivity contribution in [2.45, 2.75) is 45.4 Å². The van der Waals surface area contributed by atoms with E-state index in [0.29, 0.717) is 16.5 Å². The van der Waals surface area contributed by atoms with Crippen LogP contribution >= 0.6 is 0 Å². The average Bonchev–Trinajstić information content (AvgIpc) is 2.65. The molecule has 0 radical (unpaired) electrons. The van der Waals surface area contributed by atoms with Gasteiger partial charge in [0.05, 0.1) is 0 Å². The molecule has 0 aromatic heterocycles. The number of ether oxygens (including phenoxy) is 1. The lowest BCUT2D eigenvalue weighted by Crippen LogP contribution is -2.16. The molecule has 0 bridgehead atoms. The second kappa shape index (κ2) is 8.63. The van der Waals surface area contributed by atoms with E-state index in [1.807, 2.05) is 18.2 Å². The van der Waals surface area contributed by atoms with Crippen molar-refractivity contribution in [1.82, 2.24) is 0 Å². The molecule has 1 nitrogen and oxygen atoms in total. The molecule has 28 heavy (non-hydrogen) atoms. The summed E-state index contributed by atoms with van der Waals surface area (Å²) < 4.78 is 55.7. The SMILES string of the molecule is CCCCCCc1ccc2c(F)c(-c3ccc(OC(F)(F)F)cc3)ccc2c1. The smallest absolute Gasteiger partial charge is 0.406 e. The number of rotatable bonds is 7. The maximum absolute atomic E-state index is 15.0. The van der Waals surface area contributed by atoms with Crippen molar-refractivity contribution in [3.05, 3.63) is 66.0 Å². The van der Waals surface area contributed by atoms with Crippen molar-refractivity contribution in [3.63, 3.8) is 0 Å². The summed E-state index contributed by atoms with van der Waals surface area (Å²) >= 11 is 0. The summed E-state index contributed by atoms with van der Waals surface area (Å²) in [5.74, 6) is -0.704. The van der Waals surface area contributed by atoms with Gasteiger partial charge in [-0.1, -0.05) is 68.7 Å². The normalized spacial score (nSPS) is 11.8. The molecule has 5 heteroatoms. The number of halogens is 4. The lowest BCUT2D eigenvalue weighted by molar-refractivity contribution is -0.274. The Hall–Kier alpha value is -2.56. The van der Waals surface area contributed by atoms with Crippen molar-refractivity contribution in [2.24, 2.45) is 0 Å². The van der Waals surface area contributed by atoms with E-state index in [1.165, 1.54) is 49.1 Å². The standard InChI is InChI=1S/C23H22F4O/c1-2-3-4-5-6-16-7-13-21-18(15-16)10-14-20(22(21)24)17-8-11-19(12-9-17)28-23(25,26)27/h7-15H,2-6H2,1H3. The third-order valence-corrected chi connectivity index (χ3v) is 4.74. The topological polar surface area (TPSA) is 9.23 Å². The van der Waals surface area contributed by atoms with Crippen LogP contribution in [0.5, 0.6) is 5.75 Å². The number of hydrogen-bond acceptors (Lipinski definition) is 1. The lowest BCUT2D eigenvalue weighted by atomic mass is 9.97. The summed E-state index contributed by atoms with van der Waals surface area (Å²) in [5, 5.41) is 1.33. The summed E-state index contributed by atoms with van der Waals surface area (Å²) in [6.07, 6.45) is 0.944. The second-order valence-corrected chi connectivity index (χ2v) is 6.87. The van der Waals surface area contributed by atoms with Crippen molar-refractivity contribution in [1.29, 1.82) is 0 Å². The van der Waals surface area contributed by atoms with Crippen molar-refractivity contribution < 1.29 is 22.3 Å². The highest BCUT2D eigenvalue weighted by Crippen LogP contribution is 2.32. The summed E-state index contributed by atoms with van der Waals surface area (Å²) in [5.41, 5.74) is 2.03. The van der Waals surface area contributed by atoms with Crippen LogP contribution in [-0.2, 0) is 6.42 Å². The first-order valence-corrected chi connectivity index (χ1v) is 9.44. The summed E-state index contributed by atoms with van der Waals surface area (Å²) in [7, 11) is 0. The molecule has 0 unspecified atom stereocenters. The molecular weight excluding hydrogens is 368 g/mol. The van der Waals surface area contributed by atoms with E-state index >= 15 is 0 Å². The molecule has 0 spiro atoms. The van der Waals surface area contributed by atoms with E-state index in [2.05, 4.69) is 11.7 Å². The minimum atomic E-state index is -4.75. The summed E-state index contributed by atoms with van der Waals surface area (Å²) in [4.78, 5) is 0. The number of alkyl halides is 3. The molecular formula is C23H22F4O. The second-order valence-electron chi connectivity index (χ2n) is 6.87. The maximum Gasteiger partial charge on any atom is 0.573 e. The zero-order chi connectivity index (χ0) is 20.1. The fourth-order valence-electron chi connectivity index (χ4n) is 3.31. The van der Waals surface area contributed by atoms with Crippen LogP contribution in [0.25, 0.3) is 21.9 Å². The van der Waals surface area contributed by atoms with Crippen LogP contribution in [0.3, 0.4) is 0 Å². The van der Waals surface area contributed by atoms with E-state index in [1.54, 1.807) is 12.1 Å². The molecule has 0 aliphatic rings. The van der Waals surface area contributed by atoms with Gasteiger partial charge in [-0.25, -0.2) is 4.39 Å². The van der Waals surface area contributed by atoms with E-state index < -0.39 is 6.36 Å². The molecule has 0 amide bonds. The Morgan fingerprint density at radius 3 is 2.29 bits per heavy atom. The fourth-order valence-corrected chi connectivity index (χ4v) is 3.31. The van der Waals surface area contributed by atoms with Crippen LogP contribution in [0.4, 0.5) is 17.6 Å². The van der Waals surface area contributed by atoms with Gasteiger partial charge in [0, 0.05) is 10.9 Å². The van der Waals surface area contributed by atoms with Gasteiger partial charge in [0.25, 0.3) is 0 Å². The Morgan fingerprint density at radius 2 is 1.61 bits per heavy atom. The third kappa shape index (κ3) is 5.03.